The molecule has 0 aliphatic carbocycles. The molecule has 1 N–H and O–H groups in total. The highest BCUT2D eigenvalue weighted by atomic mass is 16.5. The average molecular weight is 430 g/mol. The number of carbonyl (C=O) groups is 1. The van der Waals surface area contributed by atoms with Gasteiger partial charge in [0.25, 0.3) is 5.91 Å². The number of nitrogens with zero attached hydrogens (tertiary/aromatic N) is 2. The normalized spacial score (nSPS) is 10.9. The second kappa shape index (κ2) is 10.1. The minimum Gasteiger partial charge on any atom is -0.486 e. The van der Waals surface area contributed by atoms with Gasteiger partial charge < -0.3 is 19.2 Å². The van der Waals surface area contributed by atoms with Gasteiger partial charge in [-0.1, -0.05) is 42.5 Å². The molecule has 1 amide bonds. The number of imidazole rings is 1. The Morgan fingerprint density at radius 2 is 1.78 bits per heavy atom. The molecule has 0 saturated heterocycles. The SMILES string of the molecule is CCOCc1ccccc1CNC(=O)c1ccccc1OCc1cn2cccc(C)c2n1. The van der Waals surface area contributed by atoms with Crippen molar-refractivity contribution in [2.24, 2.45) is 0 Å². The minimum absolute atomic E-state index is 0.183. The third-order valence-electron chi connectivity index (χ3n) is 5.25. The third-order valence-corrected chi connectivity index (χ3v) is 5.25. The van der Waals surface area contributed by atoms with Gasteiger partial charge in [0.15, 0.2) is 0 Å². The number of carbonyl (C=O) groups excluding carboxylic acids is 1. The van der Waals surface area contributed by atoms with Crippen LogP contribution in [0.15, 0.2) is 73.1 Å². The molecule has 0 unspecified atom stereocenters. The van der Waals surface area contributed by atoms with Gasteiger partial charge in [0, 0.05) is 25.5 Å². The first-order valence-corrected chi connectivity index (χ1v) is 10.7. The van der Waals surface area contributed by atoms with Gasteiger partial charge in [-0.3, -0.25) is 4.79 Å². The number of hydrogen-bond acceptors (Lipinski definition) is 4. The molecule has 2 heterocycles. The summed E-state index contributed by atoms with van der Waals surface area (Å²) in [6, 6.07) is 19.2. The van der Waals surface area contributed by atoms with Gasteiger partial charge in [-0.25, -0.2) is 4.98 Å². The van der Waals surface area contributed by atoms with Crippen LogP contribution in [-0.4, -0.2) is 21.9 Å². The van der Waals surface area contributed by atoms with Crippen LogP contribution in [0.1, 0.15) is 39.7 Å². The summed E-state index contributed by atoms with van der Waals surface area (Å²) in [4.78, 5) is 17.6. The molecule has 4 rings (SSSR count). The molecule has 0 fully saturated rings. The monoisotopic (exact) mass is 429 g/mol. The number of hydrogen-bond donors (Lipinski definition) is 1. The fourth-order valence-electron chi connectivity index (χ4n) is 3.56. The Morgan fingerprint density at radius 1 is 1.00 bits per heavy atom. The number of aryl methyl sites for hydroxylation is 1. The van der Waals surface area contributed by atoms with Crippen LogP contribution >= 0.6 is 0 Å². The van der Waals surface area contributed by atoms with E-state index < -0.39 is 0 Å². The molecule has 0 saturated carbocycles. The highest BCUT2D eigenvalue weighted by Gasteiger charge is 2.14. The van der Waals surface area contributed by atoms with E-state index in [0.29, 0.717) is 31.1 Å². The molecule has 4 aromatic rings. The fourth-order valence-corrected chi connectivity index (χ4v) is 3.56. The van der Waals surface area contributed by atoms with E-state index >= 15 is 0 Å². The zero-order valence-electron chi connectivity index (χ0n) is 18.4. The summed E-state index contributed by atoms with van der Waals surface area (Å²) in [5, 5.41) is 3.01. The zero-order valence-corrected chi connectivity index (χ0v) is 18.4. The highest BCUT2D eigenvalue weighted by molar-refractivity contribution is 5.96. The van der Waals surface area contributed by atoms with Crippen LogP contribution < -0.4 is 10.1 Å². The molecule has 32 heavy (non-hydrogen) atoms. The largest absolute Gasteiger partial charge is 0.486 e. The zero-order chi connectivity index (χ0) is 22.3. The van der Waals surface area contributed by atoms with Crippen molar-refractivity contribution in [2.75, 3.05) is 6.61 Å². The topological polar surface area (TPSA) is 64.9 Å². The molecule has 0 aliphatic heterocycles. The summed E-state index contributed by atoms with van der Waals surface area (Å²) in [7, 11) is 0. The summed E-state index contributed by atoms with van der Waals surface area (Å²) < 4.78 is 13.5. The van der Waals surface area contributed by atoms with Crippen LogP contribution in [-0.2, 0) is 24.5 Å². The first-order valence-electron chi connectivity index (χ1n) is 10.7. The molecule has 6 nitrogen and oxygen atoms in total. The van der Waals surface area contributed by atoms with Crippen LogP contribution in [0.25, 0.3) is 5.65 Å². The summed E-state index contributed by atoms with van der Waals surface area (Å²) in [5.41, 5.74) is 5.41. The van der Waals surface area contributed by atoms with Gasteiger partial charge >= 0.3 is 0 Å². The molecule has 2 aromatic carbocycles. The first kappa shape index (κ1) is 21.6. The number of para-hydroxylation sites is 1. The second-order valence-corrected chi connectivity index (χ2v) is 7.53. The standard InChI is InChI=1S/C26H27N3O3/c1-3-31-17-21-11-5-4-10-20(21)15-27-26(30)23-12-6-7-13-24(23)32-18-22-16-29-14-8-9-19(2)25(29)28-22/h4-14,16H,3,15,17-18H2,1-2H3,(H,27,30). The van der Waals surface area contributed by atoms with Crippen molar-refractivity contribution in [2.45, 2.75) is 33.6 Å². The summed E-state index contributed by atoms with van der Waals surface area (Å²) in [6.45, 7) is 5.87. The number of aromatic nitrogens is 2. The molecule has 164 valence electrons. The predicted octanol–water partition coefficient (Wildman–Crippen LogP) is 4.69. The minimum atomic E-state index is -0.183. The number of rotatable bonds is 9. The van der Waals surface area contributed by atoms with E-state index in [0.717, 1.165) is 28.0 Å². The van der Waals surface area contributed by atoms with E-state index in [-0.39, 0.29) is 12.5 Å². The van der Waals surface area contributed by atoms with Crippen molar-refractivity contribution in [1.29, 1.82) is 0 Å². The van der Waals surface area contributed by atoms with Crippen LogP contribution in [0, 0.1) is 6.92 Å². The van der Waals surface area contributed by atoms with Crippen LogP contribution in [0.4, 0.5) is 0 Å². The number of nitrogens with one attached hydrogen (secondary N) is 1. The quantitative estimate of drug-likeness (QED) is 0.419. The molecule has 0 aliphatic rings. The maximum absolute atomic E-state index is 12.9. The Bertz CT molecular complexity index is 1220. The Hall–Kier alpha value is -3.64. The number of ether oxygens (including phenoxy) is 2. The predicted molar refractivity (Wildman–Crippen MR) is 124 cm³/mol. The lowest BCUT2D eigenvalue weighted by Crippen LogP contribution is -2.24. The Kier molecular flexibility index (Phi) is 6.82. The molecular weight excluding hydrogens is 402 g/mol. The van der Waals surface area contributed by atoms with Crippen molar-refractivity contribution < 1.29 is 14.3 Å². The summed E-state index contributed by atoms with van der Waals surface area (Å²) in [6.07, 6.45) is 3.91. The molecule has 2 aromatic heterocycles. The Labute approximate surface area is 187 Å². The van der Waals surface area contributed by atoms with Gasteiger partial charge in [0.1, 0.15) is 18.0 Å². The molecule has 0 radical (unpaired) electrons. The van der Waals surface area contributed by atoms with E-state index in [4.69, 9.17) is 9.47 Å². The number of benzene rings is 2. The fraction of sp³-hybridized carbons (Fsp3) is 0.231. The Morgan fingerprint density at radius 3 is 2.59 bits per heavy atom. The van der Waals surface area contributed by atoms with Gasteiger partial charge in [-0.05, 0) is 48.7 Å². The van der Waals surface area contributed by atoms with E-state index in [1.165, 1.54) is 0 Å². The van der Waals surface area contributed by atoms with Gasteiger partial charge in [-0.2, -0.15) is 0 Å². The molecular formula is C26H27N3O3. The van der Waals surface area contributed by atoms with Gasteiger partial charge in [0.05, 0.1) is 17.9 Å². The van der Waals surface area contributed by atoms with Crippen LogP contribution in [0.5, 0.6) is 5.75 Å². The summed E-state index contributed by atoms with van der Waals surface area (Å²) in [5.74, 6) is 0.346. The number of amides is 1. The maximum atomic E-state index is 12.9. The van der Waals surface area contributed by atoms with E-state index in [1.807, 2.05) is 79.2 Å². The van der Waals surface area contributed by atoms with Crippen molar-refractivity contribution >= 4 is 11.6 Å². The van der Waals surface area contributed by atoms with Crippen molar-refractivity contribution in [3.63, 3.8) is 0 Å². The van der Waals surface area contributed by atoms with Crippen molar-refractivity contribution in [1.82, 2.24) is 14.7 Å². The smallest absolute Gasteiger partial charge is 0.255 e. The number of pyridine rings is 1. The molecule has 6 heteroatoms. The van der Waals surface area contributed by atoms with E-state index in [1.54, 1.807) is 12.1 Å². The third kappa shape index (κ3) is 4.98. The first-order chi connectivity index (χ1) is 15.7. The molecule has 0 bridgehead atoms. The van der Waals surface area contributed by atoms with Crippen molar-refractivity contribution in [3.05, 3.63) is 101 Å². The van der Waals surface area contributed by atoms with Gasteiger partial charge in [-0.15, -0.1) is 0 Å². The lowest BCUT2D eigenvalue weighted by Gasteiger charge is -2.13. The van der Waals surface area contributed by atoms with Crippen molar-refractivity contribution in [3.8, 4) is 5.75 Å². The van der Waals surface area contributed by atoms with Crippen LogP contribution in [0.3, 0.4) is 0 Å². The average Bonchev–Trinajstić information content (AvgIpc) is 3.25. The molecule has 0 spiro atoms. The van der Waals surface area contributed by atoms with E-state index in [2.05, 4.69) is 10.3 Å². The summed E-state index contributed by atoms with van der Waals surface area (Å²) >= 11 is 0. The van der Waals surface area contributed by atoms with Gasteiger partial charge in [0.2, 0.25) is 0 Å². The second-order valence-electron chi connectivity index (χ2n) is 7.53. The highest BCUT2D eigenvalue weighted by Crippen LogP contribution is 2.20. The number of fused-ring (bicyclic) bond motifs is 1. The molecule has 0 atom stereocenters. The lowest BCUT2D eigenvalue weighted by atomic mass is 10.1. The Balaban J connectivity index is 1.43. The van der Waals surface area contributed by atoms with E-state index in [9.17, 15) is 4.79 Å². The lowest BCUT2D eigenvalue weighted by molar-refractivity contribution is 0.0945. The van der Waals surface area contributed by atoms with Crippen LogP contribution in [0.2, 0.25) is 0 Å². The maximum Gasteiger partial charge on any atom is 0.255 e.